The average Bonchev–Trinajstić information content (AvgIpc) is 2.77. The number of aromatic nitrogens is 2. The van der Waals surface area contributed by atoms with E-state index in [1.165, 1.54) is 18.2 Å². The molecule has 0 aliphatic carbocycles. The van der Waals surface area contributed by atoms with Gasteiger partial charge < -0.3 is 0 Å². The summed E-state index contributed by atoms with van der Waals surface area (Å²) in [6.45, 7) is 1.87. The van der Waals surface area contributed by atoms with E-state index in [4.69, 9.17) is 11.6 Å². The molecule has 2 aromatic carbocycles. The molecule has 24 heavy (non-hydrogen) atoms. The molecule has 0 aliphatic rings. The molecule has 0 spiro atoms. The first kappa shape index (κ1) is 17.1. The Morgan fingerprint density at radius 1 is 1.21 bits per heavy atom. The Morgan fingerprint density at radius 3 is 2.62 bits per heavy atom. The molecule has 2 nitrogen and oxygen atoms in total. The molecule has 0 aliphatic heterocycles. The molecular weight excluding hydrogens is 398 g/mol. The Morgan fingerprint density at radius 2 is 1.96 bits per heavy atom. The van der Waals surface area contributed by atoms with Gasteiger partial charge in [0.25, 0.3) is 0 Å². The average molecular weight is 412 g/mol. The zero-order chi connectivity index (χ0) is 17.4. The predicted octanol–water partition coefficient (Wildman–Crippen LogP) is 5.68. The van der Waals surface area contributed by atoms with Crippen LogP contribution in [-0.2, 0) is 13.5 Å². The Kier molecular flexibility index (Phi) is 4.74. The minimum absolute atomic E-state index is 0.294. The van der Waals surface area contributed by atoms with Gasteiger partial charge in [-0.3, -0.25) is 4.68 Å². The molecule has 0 atom stereocenters. The quantitative estimate of drug-likeness (QED) is 0.542. The van der Waals surface area contributed by atoms with Gasteiger partial charge in [0.1, 0.15) is 11.6 Å². The number of halogens is 4. The number of nitrogens with zero attached hydrogens (tertiary/aromatic N) is 2. The van der Waals surface area contributed by atoms with Gasteiger partial charge in [0.05, 0.1) is 11.4 Å². The van der Waals surface area contributed by atoms with E-state index < -0.39 is 0 Å². The highest BCUT2D eigenvalue weighted by molar-refractivity contribution is 9.10. The van der Waals surface area contributed by atoms with Crippen LogP contribution < -0.4 is 0 Å². The molecule has 0 unspecified atom stereocenters. The van der Waals surface area contributed by atoms with Crippen molar-refractivity contribution in [3.8, 4) is 11.1 Å². The fraction of sp³-hybridized carbons (Fsp3) is 0.167. The first-order valence-corrected chi connectivity index (χ1v) is 8.46. The minimum Gasteiger partial charge on any atom is -0.271 e. The lowest BCUT2D eigenvalue weighted by atomic mass is 9.99. The van der Waals surface area contributed by atoms with Crippen molar-refractivity contribution in [3.63, 3.8) is 0 Å². The van der Waals surface area contributed by atoms with Crippen LogP contribution in [0.2, 0.25) is 5.02 Å². The highest BCUT2D eigenvalue weighted by Gasteiger charge is 2.20. The fourth-order valence-corrected chi connectivity index (χ4v) is 3.60. The van der Waals surface area contributed by atoms with E-state index in [1.807, 2.05) is 6.92 Å². The molecule has 6 heteroatoms. The highest BCUT2D eigenvalue weighted by Crippen LogP contribution is 2.35. The van der Waals surface area contributed by atoms with E-state index in [-0.39, 0.29) is 11.6 Å². The molecule has 0 fully saturated rings. The summed E-state index contributed by atoms with van der Waals surface area (Å²) in [6.07, 6.45) is 0.294. The molecule has 0 amide bonds. The maximum atomic E-state index is 14.2. The number of hydrogen-bond donors (Lipinski definition) is 0. The lowest BCUT2D eigenvalue weighted by Crippen LogP contribution is -2.03. The molecular formula is C18H14BrClF2N2. The summed E-state index contributed by atoms with van der Waals surface area (Å²) >= 11 is 9.56. The zero-order valence-corrected chi connectivity index (χ0v) is 15.4. The Bertz CT molecular complexity index is 901. The molecule has 3 aromatic rings. The maximum Gasteiger partial charge on any atom is 0.128 e. The summed E-state index contributed by atoms with van der Waals surface area (Å²) in [5.41, 5.74) is 3.67. The summed E-state index contributed by atoms with van der Waals surface area (Å²) in [6, 6.07) is 9.12. The van der Waals surface area contributed by atoms with Crippen molar-refractivity contribution < 1.29 is 8.78 Å². The van der Waals surface area contributed by atoms with Gasteiger partial charge in [-0.25, -0.2) is 8.78 Å². The van der Waals surface area contributed by atoms with Crippen LogP contribution in [0.4, 0.5) is 8.78 Å². The molecule has 1 heterocycles. The standard InChI is InChI=1S/C18H14BrClF2N2/c1-10-18(12-7-6-11(21)8-14(12)19)17(24(2)23-10)9-13-15(20)4-3-5-16(13)22/h3-8H,9H2,1-2H3. The van der Waals surface area contributed by atoms with E-state index in [1.54, 1.807) is 29.9 Å². The largest absolute Gasteiger partial charge is 0.271 e. The van der Waals surface area contributed by atoms with Crippen molar-refractivity contribution >= 4 is 27.5 Å². The van der Waals surface area contributed by atoms with Crippen molar-refractivity contribution in [3.05, 3.63) is 74.5 Å². The second-order valence-corrected chi connectivity index (χ2v) is 6.79. The molecule has 124 valence electrons. The fourth-order valence-electron chi connectivity index (χ4n) is 2.82. The normalized spacial score (nSPS) is 11.1. The van der Waals surface area contributed by atoms with E-state index in [9.17, 15) is 8.78 Å². The number of hydrogen-bond acceptors (Lipinski definition) is 1. The van der Waals surface area contributed by atoms with Crippen LogP contribution >= 0.6 is 27.5 Å². The first-order valence-electron chi connectivity index (χ1n) is 7.29. The molecule has 0 N–H and O–H groups in total. The number of rotatable bonds is 3. The van der Waals surface area contributed by atoms with E-state index in [0.29, 0.717) is 21.5 Å². The minimum atomic E-state index is -0.356. The van der Waals surface area contributed by atoms with Gasteiger partial charge in [0, 0.05) is 34.1 Å². The molecule has 3 rings (SSSR count). The molecule has 0 bridgehead atoms. The molecule has 0 radical (unpaired) electrons. The lowest BCUT2D eigenvalue weighted by molar-refractivity contribution is 0.609. The monoisotopic (exact) mass is 410 g/mol. The van der Waals surface area contributed by atoms with Gasteiger partial charge in [-0.15, -0.1) is 0 Å². The second kappa shape index (κ2) is 6.65. The molecule has 0 saturated carbocycles. The zero-order valence-electron chi connectivity index (χ0n) is 13.1. The van der Waals surface area contributed by atoms with Crippen molar-refractivity contribution in [2.24, 2.45) is 7.05 Å². The van der Waals surface area contributed by atoms with Crippen LogP contribution in [0.3, 0.4) is 0 Å². The third-order valence-corrected chi connectivity index (χ3v) is 4.96. The van der Waals surface area contributed by atoms with Gasteiger partial charge in [0.2, 0.25) is 0 Å². The summed E-state index contributed by atoms with van der Waals surface area (Å²) in [5, 5.41) is 4.82. The predicted molar refractivity (Wildman–Crippen MR) is 95.3 cm³/mol. The summed E-state index contributed by atoms with van der Waals surface area (Å²) in [7, 11) is 1.80. The van der Waals surface area contributed by atoms with Gasteiger partial charge in [-0.1, -0.05) is 39.7 Å². The second-order valence-electron chi connectivity index (χ2n) is 5.53. The Hall–Kier alpha value is -1.72. The van der Waals surface area contributed by atoms with Gasteiger partial charge in [-0.05, 0) is 36.8 Å². The summed E-state index contributed by atoms with van der Waals surface area (Å²) in [5.74, 6) is -0.684. The van der Waals surface area contributed by atoms with Crippen LogP contribution in [0.15, 0.2) is 40.9 Å². The third kappa shape index (κ3) is 3.10. The van der Waals surface area contributed by atoms with E-state index in [0.717, 1.165) is 22.5 Å². The van der Waals surface area contributed by atoms with Crippen molar-refractivity contribution in [1.82, 2.24) is 9.78 Å². The summed E-state index contributed by atoms with van der Waals surface area (Å²) in [4.78, 5) is 0. The Balaban J connectivity index is 2.16. The Labute approximate surface area is 152 Å². The third-order valence-electron chi connectivity index (χ3n) is 3.95. The molecule has 1 aromatic heterocycles. The van der Waals surface area contributed by atoms with Gasteiger partial charge in [-0.2, -0.15) is 5.10 Å². The topological polar surface area (TPSA) is 17.8 Å². The SMILES string of the molecule is Cc1nn(C)c(Cc2c(F)cccc2Cl)c1-c1ccc(F)cc1Br. The number of benzene rings is 2. The van der Waals surface area contributed by atoms with Crippen molar-refractivity contribution in [1.29, 1.82) is 0 Å². The van der Waals surface area contributed by atoms with Gasteiger partial charge >= 0.3 is 0 Å². The molecule has 0 saturated heterocycles. The van der Waals surface area contributed by atoms with Crippen LogP contribution in [-0.4, -0.2) is 9.78 Å². The van der Waals surface area contributed by atoms with Crippen molar-refractivity contribution in [2.75, 3.05) is 0 Å². The smallest absolute Gasteiger partial charge is 0.128 e. The highest BCUT2D eigenvalue weighted by atomic mass is 79.9. The number of aryl methyl sites for hydroxylation is 2. The lowest BCUT2D eigenvalue weighted by Gasteiger charge is -2.11. The van der Waals surface area contributed by atoms with Crippen LogP contribution in [0, 0.1) is 18.6 Å². The van der Waals surface area contributed by atoms with Crippen LogP contribution in [0.1, 0.15) is 17.0 Å². The van der Waals surface area contributed by atoms with E-state index >= 15 is 0 Å². The van der Waals surface area contributed by atoms with Crippen molar-refractivity contribution in [2.45, 2.75) is 13.3 Å². The van der Waals surface area contributed by atoms with Crippen LogP contribution in [0.5, 0.6) is 0 Å². The first-order chi connectivity index (χ1) is 11.4. The summed E-state index contributed by atoms with van der Waals surface area (Å²) < 4.78 is 29.9. The van der Waals surface area contributed by atoms with E-state index in [2.05, 4.69) is 21.0 Å². The maximum absolute atomic E-state index is 14.2. The van der Waals surface area contributed by atoms with Crippen LogP contribution in [0.25, 0.3) is 11.1 Å². The van der Waals surface area contributed by atoms with Gasteiger partial charge in [0.15, 0.2) is 0 Å².